The number of hydrogen-bond donors (Lipinski definition) is 1. The third-order valence-corrected chi connectivity index (χ3v) is 2.67. The summed E-state index contributed by atoms with van der Waals surface area (Å²) in [6.07, 6.45) is 28.0. The summed E-state index contributed by atoms with van der Waals surface area (Å²) in [5.74, 6) is 0. The first-order chi connectivity index (χ1) is 10.0. The Morgan fingerprint density at radius 3 is 0.682 bits per heavy atom. The Bertz CT molecular complexity index is 261. The van der Waals surface area contributed by atoms with E-state index in [1.165, 1.54) is 51.4 Å². The van der Waals surface area contributed by atoms with Gasteiger partial charge in [-0.1, -0.05) is 48.6 Å². The average Bonchev–Trinajstić information content (AvgIpc) is 2.24. The second-order valence-corrected chi connectivity index (χ2v) is 5.38. The molecule has 0 aromatic carbocycles. The van der Waals surface area contributed by atoms with Gasteiger partial charge in [0.2, 0.25) is 0 Å². The van der Waals surface area contributed by atoms with Crippen molar-refractivity contribution in [1.82, 2.24) is 0 Å². The molecule has 0 unspecified atom stereocenters. The molecule has 0 aromatic rings. The molecule has 0 saturated heterocycles. The third-order valence-electron chi connectivity index (χ3n) is 2.67. The van der Waals surface area contributed by atoms with Crippen LogP contribution in [0.3, 0.4) is 0 Å². The molecule has 131 valence electrons. The standard InChI is InChI=1S/2C8H12.ClHO4.Cu/c2*1-2-4-6-8-7-5-3-1;2-1(3,4)5;/h2*1-2,7-8H,3-6H2;(H,2,3,4,5);/b2*2-1-,8-7-;;. The topological polar surface area (TPSA) is 89.4 Å². The molecule has 0 amide bonds. The van der Waals surface area contributed by atoms with E-state index in [0.29, 0.717) is 0 Å². The van der Waals surface area contributed by atoms with Gasteiger partial charge >= 0.3 is 0 Å². The van der Waals surface area contributed by atoms with Crippen LogP contribution in [0.5, 0.6) is 0 Å². The van der Waals surface area contributed by atoms with Gasteiger partial charge < -0.3 is 0 Å². The third kappa shape index (κ3) is 27.9. The molecule has 0 heterocycles. The molecule has 0 fully saturated rings. The number of hydrogen-bond acceptors (Lipinski definition) is 4. The SMILES string of the molecule is C1=C\CC/C=C\CC/1.C1=C\CC/C=C\CC/1.[Cu].[O-][Cl+3]([O-])([O-])O. The summed E-state index contributed by atoms with van der Waals surface area (Å²) in [5.41, 5.74) is 0. The molecule has 0 aliphatic heterocycles. The molecule has 2 aliphatic rings. The van der Waals surface area contributed by atoms with Crippen LogP contribution in [-0.2, 0) is 17.1 Å². The molecule has 22 heavy (non-hydrogen) atoms. The van der Waals surface area contributed by atoms with Crippen LogP contribution >= 0.6 is 0 Å². The van der Waals surface area contributed by atoms with Crippen molar-refractivity contribution in [2.45, 2.75) is 51.4 Å². The van der Waals surface area contributed by atoms with Crippen molar-refractivity contribution in [3.63, 3.8) is 0 Å². The van der Waals surface area contributed by atoms with Gasteiger partial charge in [0.25, 0.3) is 0 Å². The van der Waals surface area contributed by atoms with Gasteiger partial charge in [-0.15, -0.1) is 0 Å². The minimum absolute atomic E-state index is 0. The van der Waals surface area contributed by atoms with E-state index in [2.05, 4.69) is 48.6 Å². The van der Waals surface area contributed by atoms with Gasteiger partial charge in [-0.25, -0.2) is 0 Å². The Kier molecular flexibility index (Phi) is 18.4. The maximum atomic E-state index is 8.60. The van der Waals surface area contributed by atoms with Crippen LogP contribution in [0, 0.1) is 10.2 Å². The van der Waals surface area contributed by atoms with Gasteiger partial charge in [0.05, 0.1) is 14.9 Å². The maximum absolute atomic E-state index is 8.60. The summed E-state index contributed by atoms with van der Waals surface area (Å²) in [5, 5.41) is 0. The molecular weight excluding hydrogens is 355 g/mol. The molecule has 0 aromatic heterocycles. The Morgan fingerprint density at radius 2 is 0.591 bits per heavy atom. The first kappa shape index (κ1) is 23.9. The molecule has 0 saturated carbocycles. The van der Waals surface area contributed by atoms with Crippen LogP contribution in [0.1, 0.15) is 51.4 Å². The van der Waals surface area contributed by atoms with E-state index in [4.69, 9.17) is 18.6 Å². The van der Waals surface area contributed by atoms with E-state index in [1.807, 2.05) is 0 Å². The summed E-state index contributed by atoms with van der Waals surface area (Å²) in [6.45, 7) is 0. The molecule has 1 N–H and O–H groups in total. The van der Waals surface area contributed by atoms with Crippen molar-refractivity contribution < 1.29 is 45.9 Å². The molecular formula is C16H25ClCuO4. The quantitative estimate of drug-likeness (QED) is 0.505. The van der Waals surface area contributed by atoms with E-state index >= 15 is 0 Å². The van der Waals surface area contributed by atoms with Gasteiger partial charge in [0.1, 0.15) is 0 Å². The van der Waals surface area contributed by atoms with Gasteiger partial charge in [-0.05, 0) is 51.4 Å². The first-order valence-corrected chi connectivity index (χ1v) is 8.50. The maximum Gasteiger partial charge on any atom is 0.0777 e. The monoisotopic (exact) mass is 379 g/mol. The summed E-state index contributed by atoms with van der Waals surface area (Å²) < 4.78 is 32.7. The van der Waals surface area contributed by atoms with Crippen LogP contribution in [0.15, 0.2) is 48.6 Å². The van der Waals surface area contributed by atoms with Crippen molar-refractivity contribution >= 4 is 0 Å². The fraction of sp³-hybridized carbons (Fsp3) is 0.500. The average molecular weight is 380 g/mol. The number of rotatable bonds is 0. The smallest absolute Gasteiger partial charge is 0.0777 e. The normalized spacial score (nSPS) is 23.1. The Labute approximate surface area is 146 Å². The Hall–Kier alpha value is -0.391. The summed E-state index contributed by atoms with van der Waals surface area (Å²) >= 11 is 0. The van der Waals surface area contributed by atoms with Crippen molar-refractivity contribution in [3.05, 3.63) is 48.6 Å². The summed E-state index contributed by atoms with van der Waals surface area (Å²) in [6, 6.07) is 0. The predicted molar refractivity (Wildman–Crippen MR) is 75.7 cm³/mol. The zero-order valence-corrected chi connectivity index (χ0v) is 14.3. The van der Waals surface area contributed by atoms with Crippen LogP contribution in [-0.4, -0.2) is 4.66 Å². The van der Waals surface area contributed by atoms with Crippen LogP contribution in [0.25, 0.3) is 0 Å². The predicted octanol–water partition coefficient (Wildman–Crippen LogP) is 1.22. The zero-order chi connectivity index (χ0) is 15.8. The minimum Gasteiger partial charge on any atom is -0.183 e. The first-order valence-electron chi connectivity index (χ1n) is 7.23. The van der Waals surface area contributed by atoms with E-state index in [0.717, 1.165) is 0 Å². The molecule has 0 atom stereocenters. The number of halogens is 1. The van der Waals surface area contributed by atoms with Crippen LogP contribution in [0.2, 0.25) is 0 Å². The molecule has 0 bridgehead atoms. The fourth-order valence-corrected chi connectivity index (χ4v) is 1.71. The second kappa shape index (κ2) is 17.0. The van der Waals surface area contributed by atoms with E-state index in [-0.39, 0.29) is 17.1 Å². The van der Waals surface area contributed by atoms with Gasteiger partial charge in [0.15, 0.2) is 0 Å². The number of allylic oxidation sites excluding steroid dienone is 8. The van der Waals surface area contributed by atoms with E-state index in [1.54, 1.807) is 0 Å². The van der Waals surface area contributed by atoms with Crippen molar-refractivity contribution in [3.8, 4) is 0 Å². The summed E-state index contributed by atoms with van der Waals surface area (Å²) in [7, 11) is -4.69. The Morgan fingerprint density at radius 1 is 0.500 bits per heavy atom. The minimum atomic E-state index is -4.69. The molecule has 1 radical (unpaired) electrons. The van der Waals surface area contributed by atoms with Crippen molar-refractivity contribution in [2.24, 2.45) is 0 Å². The van der Waals surface area contributed by atoms with E-state index < -0.39 is 10.2 Å². The van der Waals surface area contributed by atoms with Crippen molar-refractivity contribution in [1.29, 1.82) is 0 Å². The fourth-order valence-electron chi connectivity index (χ4n) is 1.71. The molecule has 0 spiro atoms. The summed E-state index contributed by atoms with van der Waals surface area (Å²) in [4.78, 5) is 0. The van der Waals surface area contributed by atoms with E-state index in [9.17, 15) is 0 Å². The molecule has 6 heteroatoms. The van der Waals surface area contributed by atoms with Gasteiger partial charge in [0, 0.05) is 17.1 Å². The van der Waals surface area contributed by atoms with Crippen LogP contribution < -0.4 is 14.0 Å². The second-order valence-electron chi connectivity index (χ2n) is 4.59. The molecule has 2 rings (SSSR count). The molecule has 2 aliphatic carbocycles. The zero-order valence-electron chi connectivity index (χ0n) is 12.6. The molecule has 4 nitrogen and oxygen atoms in total. The largest absolute Gasteiger partial charge is 0.183 e. The van der Waals surface area contributed by atoms with Crippen molar-refractivity contribution in [2.75, 3.05) is 0 Å². The Balaban J connectivity index is 0. The van der Waals surface area contributed by atoms with Crippen LogP contribution in [0.4, 0.5) is 0 Å². The van der Waals surface area contributed by atoms with Gasteiger partial charge in [-0.3, -0.25) is 0 Å². The van der Waals surface area contributed by atoms with Gasteiger partial charge in [-0.2, -0.15) is 14.0 Å².